The van der Waals surface area contributed by atoms with Gasteiger partial charge in [0.25, 0.3) is 0 Å². The Balaban J connectivity index is 2.36. The van der Waals surface area contributed by atoms with Crippen LogP contribution < -0.4 is 10.6 Å². The summed E-state index contributed by atoms with van der Waals surface area (Å²) in [6.45, 7) is 14.3. The highest BCUT2D eigenvalue weighted by molar-refractivity contribution is 5.96. The van der Waals surface area contributed by atoms with E-state index in [2.05, 4.69) is 48.2 Å². The van der Waals surface area contributed by atoms with Gasteiger partial charge in [0.2, 0.25) is 0 Å². The van der Waals surface area contributed by atoms with Crippen molar-refractivity contribution in [1.82, 2.24) is 14.7 Å². The quantitative estimate of drug-likeness (QED) is 0.595. The van der Waals surface area contributed by atoms with E-state index in [9.17, 15) is 5.11 Å². The molecule has 0 saturated carbocycles. The van der Waals surface area contributed by atoms with Gasteiger partial charge in [0.1, 0.15) is 5.75 Å². The molecular formula is C21H37N5O. The third-order valence-corrected chi connectivity index (χ3v) is 5.50. The van der Waals surface area contributed by atoms with Crippen molar-refractivity contribution in [2.75, 3.05) is 37.6 Å². The molecule has 0 saturated heterocycles. The summed E-state index contributed by atoms with van der Waals surface area (Å²) in [5, 5.41) is 16.4. The molecule has 0 aliphatic carbocycles. The number of benzene rings is 1. The molecule has 0 radical (unpaired) electrons. The minimum Gasteiger partial charge on any atom is -0.507 e. The SMILES string of the molecule is CCC(CCN)N(CC)c1nn(CCCN(CC)CC)c2cccc(O)c12. The van der Waals surface area contributed by atoms with Crippen molar-refractivity contribution in [1.29, 1.82) is 0 Å². The molecule has 0 amide bonds. The van der Waals surface area contributed by atoms with Crippen LogP contribution in [0.3, 0.4) is 0 Å². The van der Waals surface area contributed by atoms with Gasteiger partial charge in [0.05, 0.1) is 10.9 Å². The summed E-state index contributed by atoms with van der Waals surface area (Å²) >= 11 is 0. The average Bonchev–Trinajstić information content (AvgIpc) is 3.05. The summed E-state index contributed by atoms with van der Waals surface area (Å²) in [5.74, 6) is 1.19. The van der Waals surface area contributed by atoms with Gasteiger partial charge in [-0.15, -0.1) is 0 Å². The number of nitrogens with two attached hydrogens (primary N) is 1. The molecule has 0 spiro atoms. The summed E-state index contributed by atoms with van der Waals surface area (Å²) in [6.07, 6.45) is 2.98. The minimum absolute atomic E-state index is 0.304. The Morgan fingerprint density at radius 3 is 2.48 bits per heavy atom. The predicted molar refractivity (Wildman–Crippen MR) is 115 cm³/mol. The number of hydrogen-bond acceptors (Lipinski definition) is 5. The lowest BCUT2D eigenvalue weighted by molar-refractivity contribution is 0.292. The molecule has 1 atom stereocenters. The van der Waals surface area contributed by atoms with Gasteiger partial charge >= 0.3 is 0 Å². The number of hydrogen-bond donors (Lipinski definition) is 2. The fourth-order valence-electron chi connectivity index (χ4n) is 3.90. The third kappa shape index (κ3) is 4.93. The van der Waals surface area contributed by atoms with Crippen molar-refractivity contribution >= 4 is 16.7 Å². The fourth-order valence-corrected chi connectivity index (χ4v) is 3.90. The second-order valence-corrected chi connectivity index (χ2v) is 7.02. The number of aromatic hydroxyl groups is 1. The molecule has 0 aliphatic rings. The van der Waals surface area contributed by atoms with Crippen LogP contribution in [-0.2, 0) is 6.54 Å². The van der Waals surface area contributed by atoms with E-state index in [1.807, 2.05) is 6.07 Å². The van der Waals surface area contributed by atoms with Gasteiger partial charge in [-0.1, -0.05) is 26.8 Å². The van der Waals surface area contributed by atoms with Crippen LogP contribution in [0.4, 0.5) is 5.82 Å². The molecule has 0 fully saturated rings. The number of aryl methyl sites for hydroxylation is 1. The first-order valence-corrected chi connectivity index (χ1v) is 10.5. The van der Waals surface area contributed by atoms with E-state index in [0.29, 0.717) is 18.3 Å². The molecule has 1 aromatic heterocycles. The van der Waals surface area contributed by atoms with Crippen LogP contribution in [0.1, 0.15) is 47.0 Å². The summed E-state index contributed by atoms with van der Waals surface area (Å²) < 4.78 is 2.06. The highest BCUT2D eigenvalue weighted by Gasteiger charge is 2.23. The van der Waals surface area contributed by atoms with Crippen LogP contribution in [0.5, 0.6) is 5.75 Å². The molecule has 152 valence electrons. The van der Waals surface area contributed by atoms with E-state index in [0.717, 1.165) is 68.7 Å². The van der Waals surface area contributed by atoms with Gasteiger partial charge < -0.3 is 20.6 Å². The van der Waals surface area contributed by atoms with Crippen molar-refractivity contribution in [2.24, 2.45) is 5.73 Å². The number of phenolic OH excluding ortho intramolecular Hbond substituents is 1. The molecule has 2 rings (SSSR count). The number of nitrogens with zero attached hydrogens (tertiary/aromatic N) is 4. The van der Waals surface area contributed by atoms with E-state index >= 15 is 0 Å². The van der Waals surface area contributed by atoms with Gasteiger partial charge in [-0.2, -0.15) is 5.10 Å². The van der Waals surface area contributed by atoms with E-state index < -0.39 is 0 Å². The summed E-state index contributed by atoms with van der Waals surface area (Å²) in [4.78, 5) is 4.73. The van der Waals surface area contributed by atoms with Crippen molar-refractivity contribution in [3.05, 3.63) is 18.2 Å². The smallest absolute Gasteiger partial charge is 0.162 e. The zero-order valence-corrected chi connectivity index (χ0v) is 17.5. The Morgan fingerprint density at radius 2 is 1.89 bits per heavy atom. The molecule has 0 aliphatic heterocycles. The lowest BCUT2D eigenvalue weighted by Crippen LogP contribution is -2.36. The van der Waals surface area contributed by atoms with E-state index in [4.69, 9.17) is 10.8 Å². The maximum absolute atomic E-state index is 10.6. The fraction of sp³-hybridized carbons (Fsp3) is 0.667. The summed E-state index contributed by atoms with van der Waals surface area (Å²) in [7, 11) is 0. The Labute approximate surface area is 163 Å². The van der Waals surface area contributed by atoms with Gasteiger partial charge in [0.15, 0.2) is 5.82 Å². The first kappa shape index (κ1) is 21.5. The van der Waals surface area contributed by atoms with Crippen molar-refractivity contribution in [2.45, 2.75) is 59.5 Å². The molecule has 6 heteroatoms. The maximum Gasteiger partial charge on any atom is 0.162 e. The molecule has 0 bridgehead atoms. The Hall–Kier alpha value is -1.79. The van der Waals surface area contributed by atoms with Crippen LogP contribution in [0, 0.1) is 0 Å². The highest BCUT2D eigenvalue weighted by Crippen LogP contribution is 2.35. The topological polar surface area (TPSA) is 70.5 Å². The van der Waals surface area contributed by atoms with Crippen LogP contribution in [-0.4, -0.2) is 58.6 Å². The largest absolute Gasteiger partial charge is 0.507 e. The molecule has 1 aromatic carbocycles. The molecule has 1 unspecified atom stereocenters. The Morgan fingerprint density at radius 1 is 1.15 bits per heavy atom. The molecule has 2 aromatic rings. The van der Waals surface area contributed by atoms with Gasteiger partial charge in [-0.05, 0) is 64.5 Å². The molecular weight excluding hydrogens is 338 g/mol. The normalized spacial score (nSPS) is 12.8. The molecule has 1 heterocycles. The van der Waals surface area contributed by atoms with Crippen molar-refractivity contribution in [3.63, 3.8) is 0 Å². The van der Waals surface area contributed by atoms with Crippen LogP contribution >= 0.6 is 0 Å². The van der Waals surface area contributed by atoms with Gasteiger partial charge in [0, 0.05) is 19.1 Å². The van der Waals surface area contributed by atoms with Crippen LogP contribution in [0.15, 0.2) is 18.2 Å². The first-order chi connectivity index (χ1) is 13.1. The third-order valence-electron chi connectivity index (χ3n) is 5.50. The number of aromatic nitrogens is 2. The van der Waals surface area contributed by atoms with Crippen molar-refractivity contribution < 1.29 is 5.11 Å². The minimum atomic E-state index is 0.304. The molecule has 3 N–H and O–H groups in total. The zero-order chi connectivity index (χ0) is 19.8. The Kier molecular flexibility index (Phi) is 8.38. The highest BCUT2D eigenvalue weighted by atomic mass is 16.3. The predicted octanol–water partition coefficient (Wildman–Crippen LogP) is 3.43. The summed E-state index contributed by atoms with van der Waals surface area (Å²) in [6, 6.07) is 6.05. The molecule has 27 heavy (non-hydrogen) atoms. The number of phenols is 1. The maximum atomic E-state index is 10.6. The lowest BCUT2D eigenvalue weighted by atomic mass is 10.1. The second kappa shape index (κ2) is 10.5. The first-order valence-electron chi connectivity index (χ1n) is 10.5. The summed E-state index contributed by atoms with van der Waals surface area (Å²) in [5.41, 5.74) is 6.84. The van der Waals surface area contributed by atoms with Gasteiger partial charge in [-0.25, -0.2) is 0 Å². The number of fused-ring (bicyclic) bond motifs is 1. The second-order valence-electron chi connectivity index (χ2n) is 7.02. The van der Waals surface area contributed by atoms with Crippen LogP contribution in [0.25, 0.3) is 10.9 Å². The van der Waals surface area contributed by atoms with E-state index in [-0.39, 0.29) is 0 Å². The number of anilines is 1. The monoisotopic (exact) mass is 375 g/mol. The Bertz CT molecular complexity index is 695. The van der Waals surface area contributed by atoms with Crippen LogP contribution in [0.2, 0.25) is 0 Å². The van der Waals surface area contributed by atoms with Gasteiger partial charge in [-0.3, -0.25) is 4.68 Å². The standard InChI is InChI=1S/C21H37N5O/c1-5-17(13-14-22)25(8-4)21-20-18(11-9-12-19(20)27)26(23-21)16-10-15-24(6-2)7-3/h9,11-12,17,27H,5-8,10,13-16,22H2,1-4H3. The number of rotatable bonds is 12. The average molecular weight is 376 g/mol. The van der Waals surface area contributed by atoms with E-state index in [1.165, 1.54) is 0 Å². The molecule has 6 nitrogen and oxygen atoms in total. The van der Waals surface area contributed by atoms with Crippen molar-refractivity contribution in [3.8, 4) is 5.75 Å². The zero-order valence-electron chi connectivity index (χ0n) is 17.5. The van der Waals surface area contributed by atoms with E-state index in [1.54, 1.807) is 6.07 Å². The lowest BCUT2D eigenvalue weighted by Gasteiger charge is -2.30.